The summed E-state index contributed by atoms with van der Waals surface area (Å²) in [6.07, 6.45) is 2.15. The Balaban J connectivity index is 2.31. The number of rotatable bonds is 4. The molecule has 1 aromatic heterocycles. The van der Waals surface area contributed by atoms with Crippen molar-refractivity contribution in [2.45, 2.75) is 38.7 Å². The van der Waals surface area contributed by atoms with E-state index in [-0.39, 0.29) is 23.6 Å². The van der Waals surface area contributed by atoms with Crippen molar-refractivity contribution in [3.63, 3.8) is 0 Å². The summed E-state index contributed by atoms with van der Waals surface area (Å²) in [4.78, 5) is 29.0. The predicted molar refractivity (Wildman–Crippen MR) is 94.4 cm³/mol. The van der Waals surface area contributed by atoms with Crippen molar-refractivity contribution in [2.75, 3.05) is 33.7 Å². The number of likely N-dealkylation sites (N-methyl/N-ethyl adjacent to an activating group) is 1. The van der Waals surface area contributed by atoms with Gasteiger partial charge in [-0.2, -0.15) is 0 Å². The zero-order valence-electron chi connectivity index (χ0n) is 15.4. The van der Waals surface area contributed by atoms with Crippen LogP contribution in [-0.2, 0) is 13.5 Å². The molecule has 1 aromatic rings. The maximum Gasteiger partial charge on any atom is 0.263 e. The van der Waals surface area contributed by atoms with E-state index in [0.29, 0.717) is 19.5 Å². The normalized spacial score (nSPS) is 21.4. The van der Waals surface area contributed by atoms with Crippen molar-refractivity contribution >= 4 is 5.91 Å². The van der Waals surface area contributed by atoms with Gasteiger partial charge in [0.25, 0.3) is 11.5 Å². The van der Waals surface area contributed by atoms with E-state index >= 15 is 0 Å². The molecule has 0 bridgehead atoms. The highest BCUT2D eigenvalue weighted by Gasteiger charge is 2.36. The summed E-state index contributed by atoms with van der Waals surface area (Å²) in [7, 11) is 5.52. The standard InChI is InChI=1S/C18H29N3O3/c1-6-15-13(2)10-14(16(22)20(15)5)17(23)21-9-7-8-18(24,12-21)11-19(3)4/h10,24H,6-9,11-12H2,1-5H3/t18-/m1/s1. The third kappa shape index (κ3) is 3.70. The number of nitrogens with zero attached hydrogens (tertiary/aromatic N) is 3. The van der Waals surface area contributed by atoms with Crippen molar-refractivity contribution in [3.05, 3.63) is 33.2 Å². The SMILES string of the molecule is CCc1c(C)cc(C(=O)N2CCC[C@@](O)(CN(C)C)C2)c(=O)n1C. The molecule has 0 saturated carbocycles. The highest BCUT2D eigenvalue weighted by atomic mass is 16.3. The van der Waals surface area contributed by atoms with Crippen molar-refractivity contribution in [2.24, 2.45) is 7.05 Å². The minimum Gasteiger partial charge on any atom is -0.387 e. The molecule has 24 heavy (non-hydrogen) atoms. The van der Waals surface area contributed by atoms with Gasteiger partial charge in [0.1, 0.15) is 5.56 Å². The average molecular weight is 335 g/mol. The summed E-state index contributed by atoms with van der Waals surface area (Å²) in [6, 6.07) is 1.70. The molecule has 2 rings (SSSR count). The molecule has 6 heteroatoms. The third-order valence-electron chi connectivity index (χ3n) is 4.77. The van der Waals surface area contributed by atoms with Gasteiger partial charge in [0.15, 0.2) is 0 Å². The van der Waals surface area contributed by atoms with Gasteiger partial charge in [0.05, 0.1) is 12.1 Å². The monoisotopic (exact) mass is 335 g/mol. The van der Waals surface area contributed by atoms with E-state index in [4.69, 9.17) is 0 Å². The molecule has 0 aliphatic carbocycles. The second-order valence-corrected chi connectivity index (χ2v) is 7.20. The van der Waals surface area contributed by atoms with Crippen LogP contribution in [0.25, 0.3) is 0 Å². The van der Waals surface area contributed by atoms with E-state index in [0.717, 1.165) is 24.1 Å². The second-order valence-electron chi connectivity index (χ2n) is 7.20. The highest BCUT2D eigenvalue weighted by molar-refractivity contribution is 5.94. The Hall–Kier alpha value is -1.66. The van der Waals surface area contributed by atoms with E-state index in [1.54, 1.807) is 22.6 Å². The van der Waals surface area contributed by atoms with Gasteiger partial charge in [-0.3, -0.25) is 9.59 Å². The van der Waals surface area contributed by atoms with Crippen LogP contribution in [0.1, 0.15) is 41.4 Å². The molecule has 0 unspecified atom stereocenters. The lowest BCUT2D eigenvalue weighted by atomic mass is 9.92. The van der Waals surface area contributed by atoms with Crippen LogP contribution in [0.4, 0.5) is 0 Å². The minimum absolute atomic E-state index is 0.196. The molecule has 1 atom stereocenters. The maximum absolute atomic E-state index is 12.9. The number of hydrogen-bond donors (Lipinski definition) is 1. The van der Waals surface area contributed by atoms with Crippen LogP contribution in [0.2, 0.25) is 0 Å². The lowest BCUT2D eigenvalue weighted by Crippen LogP contribution is -2.55. The number of aliphatic hydroxyl groups is 1. The Morgan fingerprint density at radius 2 is 2.08 bits per heavy atom. The molecule has 1 amide bonds. The van der Waals surface area contributed by atoms with Crippen LogP contribution in [0.3, 0.4) is 0 Å². The molecule has 134 valence electrons. The molecule has 0 spiro atoms. The highest BCUT2D eigenvalue weighted by Crippen LogP contribution is 2.23. The van der Waals surface area contributed by atoms with Crippen LogP contribution in [0, 0.1) is 6.92 Å². The van der Waals surface area contributed by atoms with Gasteiger partial charge in [0.2, 0.25) is 0 Å². The molecule has 1 N–H and O–H groups in total. The van der Waals surface area contributed by atoms with Crippen molar-refractivity contribution in [1.82, 2.24) is 14.4 Å². The number of carbonyl (C=O) groups is 1. The van der Waals surface area contributed by atoms with Gasteiger partial charge in [-0.1, -0.05) is 6.92 Å². The van der Waals surface area contributed by atoms with Crippen LogP contribution in [0.5, 0.6) is 0 Å². The Morgan fingerprint density at radius 1 is 1.42 bits per heavy atom. The first-order valence-electron chi connectivity index (χ1n) is 8.54. The molecule has 2 heterocycles. The smallest absolute Gasteiger partial charge is 0.263 e. The molecule has 1 aliphatic rings. The zero-order chi connectivity index (χ0) is 18.1. The number of piperidine rings is 1. The molecule has 1 aliphatic heterocycles. The molecule has 0 aromatic carbocycles. The first-order chi connectivity index (χ1) is 11.2. The largest absolute Gasteiger partial charge is 0.387 e. The Morgan fingerprint density at radius 3 is 2.67 bits per heavy atom. The Bertz CT molecular complexity index is 681. The number of pyridine rings is 1. The molecular weight excluding hydrogens is 306 g/mol. The number of carbonyl (C=O) groups excluding carboxylic acids is 1. The average Bonchev–Trinajstić information content (AvgIpc) is 2.49. The fraction of sp³-hybridized carbons (Fsp3) is 0.667. The zero-order valence-corrected chi connectivity index (χ0v) is 15.4. The number of likely N-dealkylation sites (tertiary alicyclic amines) is 1. The Labute approximate surface area is 143 Å². The van der Waals surface area contributed by atoms with E-state index in [1.807, 2.05) is 32.8 Å². The van der Waals surface area contributed by atoms with E-state index in [9.17, 15) is 14.7 Å². The van der Waals surface area contributed by atoms with Gasteiger partial charge < -0.3 is 19.5 Å². The van der Waals surface area contributed by atoms with Crippen molar-refractivity contribution in [3.8, 4) is 0 Å². The summed E-state index contributed by atoms with van der Waals surface area (Å²) in [5.74, 6) is -0.279. The molecule has 1 saturated heterocycles. The lowest BCUT2D eigenvalue weighted by Gasteiger charge is -2.40. The number of aryl methyl sites for hydroxylation is 1. The van der Waals surface area contributed by atoms with Gasteiger partial charge in [-0.25, -0.2) is 0 Å². The van der Waals surface area contributed by atoms with Crippen molar-refractivity contribution < 1.29 is 9.90 Å². The van der Waals surface area contributed by atoms with E-state index in [2.05, 4.69) is 0 Å². The summed E-state index contributed by atoms with van der Waals surface area (Å²) in [5, 5.41) is 10.7. The van der Waals surface area contributed by atoms with Gasteiger partial charge in [-0.15, -0.1) is 0 Å². The molecule has 6 nitrogen and oxygen atoms in total. The third-order valence-corrected chi connectivity index (χ3v) is 4.77. The minimum atomic E-state index is -0.916. The quantitative estimate of drug-likeness (QED) is 0.883. The second kappa shape index (κ2) is 7.07. The number of aromatic nitrogens is 1. The first kappa shape index (κ1) is 18.7. The molecule has 0 radical (unpaired) electrons. The fourth-order valence-corrected chi connectivity index (χ4v) is 3.77. The van der Waals surface area contributed by atoms with Gasteiger partial charge in [0, 0.05) is 25.8 Å². The van der Waals surface area contributed by atoms with Crippen LogP contribution in [0.15, 0.2) is 10.9 Å². The van der Waals surface area contributed by atoms with Gasteiger partial charge in [-0.05, 0) is 51.9 Å². The van der Waals surface area contributed by atoms with Crippen LogP contribution in [-0.4, -0.2) is 64.7 Å². The first-order valence-corrected chi connectivity index (χ1v) is 8.54. The van der Waals surface area contributed by atoms with E-state index in [1.165, 1.54) is 0 Å². The summed E-state index contributed by atoms with van der Waals surface area (Å²) in [5.41, 5.74) is 0.911. The van der Waals surface area contributed by atoms with Gasteiger partial charge >= 0.3 is 0 Å². The number of β-amino-alcohol motifs (C(OH)–C–C–N with tert-alkyl or cyclic N) is 1. The van der Waals surface area contributed by atoms with Crippen LogP contribution >= 0.6 is 0 Å². The summed E-state index contributed by atoms with van der Waals surface area (Å²) in [6.45, 7) is 5.26. The van der Waals surface area contributed by atoms with Crippen molar-refractivity contribution in [1.29, 1.82) is 0 Å². The summed E-state index contributed by atoms with van der Waals surface area (Å²) >= 11 is 0. The number of amides is 1. The molecule has 1 fully saturated rings. The lowest BCUT2D eigenvalue weighted by molar-refractivity contribution is -0.0392. The topological polar surface area (TPSA) is 65.8 Å². The predicted octanol–water partition coefficient (Wildman–Crippen LogP) is 0.785. The number of hydrogen-bond acceptors (Lipinski definition) is 4. The van der Waals surface area contributed by atoms with E-state index < -0.39 is 5.60 Å². The summed E-state index contributed by atoms with van der Waals surface area (Å²) < 4.78 is 1.57. The fourth-order valence-electron chi connectivity index (χ4n) is 3.77. The van der Waals surface area contributed by atoms with Crippen LogP contribution < -0.4 is 5.56 Å². The molecular formula is C18H29N3O3. The Kier molecular flexibility index (Phi) is 5.50. The maximum atomic E-state index is 12.9.